The summed E-state index contributed by atoms with van der Waals surface area (Å²) < 4.78 is 66.9. The highest BCUT2D eigenvalue weighted by atomic mass is 19.4. The van der Waals surface area contributed by atoms with Crippen LogP contribution in [0.1, 0.15) is 11.3 Å². The van der Waals surface area contributed by atoms with Gasteiger partial charge in [-0.25, -0.2) is 0 Å². The van der Waals surface area contributed by atoms with Gasteiger partial charge in [0.05, 0.1) is 26.0 Å². The van der Waals surface area contributed by atoms with Crippen molar-refractivity contribution in [2.24, 2.45) is 0 Å². The second kappa shape index (κ2) is 10.0. The van der Waals surface area contributed by atoms with Gasteiger partial charge in [0.15, 0.2) is 0 Å². The van der Waals surface area contributed by atoms with Crippen LogP contribution in [0, 0.1) is 0 Å². The SMILES string of the molecule is COc1ccc(CC(=O)Oc2ccc3c(=O)c(Oc4ccc(OC)cc4)c(C(F)(F)F)oc3c2)cc1. The van der Waals surface area contributed by atoms with Crippen molar-refractivity contribution in [3.63, 3.8) is 0 Å². The molecule has 1 aromatic heterocycles. The first-order valence-corrected chi connectivity index (χ1v) is 10.5. The van der Waals surface area contributed by atoms with E-state index in [1.807, 2.05) is 0 Å². The van der Waals surface area contributed by atoms with Crippen LogP contribution in [0.4, 0.5) is 13.2 Å². The molecule has 36 heavy (non-hydrogen) atoms. The van der Waals surface area contributed by atoms with Gasteiger partial charge in [-0.3, -0.25) is 9.59 Å². The lowest BCUT2D eigenvalue weighted by Crippen LogP contribution is -2.16. The Balaban J connectivity index is 1.63. The maximum Gasteiger partial charge on any atom is 0.453 e. The van der Waals surface area contributed by atoms with Crippen LogP contribution in [-0.2, 0) is 17.4 Å². The molecule has 0 unspecified atom stereocenters. The van der Waals surface area contributed by atoms with Crippen molar-refractivity contribution in [3.8, 4) is 28.7 Å². The first kappa shape index (κ1) is 24.6. The minimum absolute atomic E-state index is 0.0166. The summed E-state index contributed by atoms with van der Waals surface area (Å²) in [7, 11) is 2.94. The van der Waals surface area contributed by atoms with E-state index in [4.69, 9.17) is 23.4 Å². The number of carbonyl (C=O) groups excluding carboxylic acids is 1. The predicted octanol–water partition coefficient (Wildman–Crippen LogP) is 5.77. The van der Waals surface area contributed by atoms with Crippen LogP contribution in [0.25, 0.3) is 11.0 Å². The maximum absolute atomic E-state index is 13.8. The minimum Gasteiger partial charge on any atom is -0.497 e. The van der Waals surface area contributed by atoms with Crippen molar-refractivity contribution in [1.29, 1.82) is 0 Å². The minimum atomic E-state index is -5.03. The number of methoxy groups -OCH3 is 2. The number of esters is 1. The van der Waals surface area contributed by atoms with E-state index in [9.17, 15) is 22.8 Å². The van der Waals surface area contributed by atoms with E-state index in [0.29, 0.717) is 17.1 Å². The second-order valence-electron chi connectivity index (χ2n) is 7.52. The zero-order valence-electron chi connectivity index (χ0n) is 19.0. The third kappa shape index (κ3) is 5.43. The Kier molecular flexibility index (Phi) is 6.86. The molecule has 0 amide bonds. The van der Waals surface area contributed by atoms with Crippen molar-refractivity contribution in [2.75, 3.05) is 14.2 Å². The number of carbonyl (C=O) groups is 1. The molecule has 0 spiro atoms. The zero-order valence-corrected chi connectivity index (χ0v) is 19.0. The Hall–Kier alpha value is -4.47. The van der Waals surface area contributed by atoms with E-state index in [1.165, 1.54) is 50.6 Å². The summed E-state index contributed by atoms with van der Waals surface area (Å²) in [6.07, 6.45) is -5.12. The smallest absolute Gasteiger partial charge is 0.453 e. The molecule has 0 aliphatic heterocycles. The third-order valence-electron chi connectivity index (χ3n) is 5.10. The van der Waals surface area contributed by atoms with Crippen LogP contribution < -0.4 is 24.4 Å². The van der Waals surface area contributed by atoms with Crippen LogP contribution >= 0.6 is 0 Å². The van der Waals surface area contributed by atoms with Crippen LogP contribution in [0.5, 0.6) is 28.7 Å². The topological polar surface area (TPSA) is 84.2 Å². The summed E-state index contributed by atoms with van der Waals surface area (Å²) in [5.74, 6) is -2.30. The third-order valence-corrected chi connectivity index (χ3v) is 5.10. The van der Waals surface area contributed by atoms with Crippen LogP contribution in [0.2, 0.25) is 0 Å². The molecule has 0 fully saturated rings. The molecule has 0 aliphatic carbocycles. The van der Waals surface area contributed by atoms with Crippen molar-refractivity contribution >= 4 is 16.9 Å². The van der Waals surface area contributed by atoms with E-state index in [0.717, 1.165) is 6.07 Å². The predicted molar refractivity (Wildman–Crippen MR) is 123 cm³/mol. The van der Waals surface area contributed by atoms with Gasteiger partial charge >= 0.3 is 12.1 Å². The summed E-state index contributed by atoms with van der Waals surface area (Å²) in [5, 5.41) is -0.179. The summed E-state index contributed by atoms with van der Waals surface area (Å²) in [4.78, 5) is 25.2. The number of alkyl halides is 3. The molecule has 0 radical (unpaired) electrons. The molecule has 7 nitrogen and oxygen atoms in total. The largest absolute Gasteiger partial charge is 0.497 e. The number of rotatable bonds is 7. The number of hydrogen-bond donors (Lipinski definition) is 0. The number of hydrogen-bond acceptors (Lipinski definition) is 7. The molecular formula is C26H19F3O7. The summed E-state index contributed by atoms with van der Waals surface area (Å²) in [5.41, 5.74) is -0.799. The zero-order chi connectivity index (χ0) is 25.9. The van der Waals surface area contributed by atoms with Gasteiger partial charge in [-0.05, 0) is 54.1 Å². The van der Waals surface area contributed by atoms with Gasteiger partial charge in [0.2, 0.25) is 11.2 Å². The molecule has 0 atom stereocenters. The van der Waals surface area contributed by atoms with Crippen molar-refractivity contribution in [3.05, 3.63) is 88.3 Å². The van der Waals surface area contributed by atoms with Crippen molar-refractivity contribution < 1.29 is 41.3 Å². The van der Waals surface area contributed by atoms with Gasteiger partial charge in [-0.2, -0.15) is 13.2 Å². The van der Waals surface area contributed by atoms with E-state index in [-0.39, 0.29) is 23.3 Å². The van der Waals surface area contributed by atoms with Gasteiger partial charge in [-0.1, -0.05) is 12.1 Å². The lowest BCUT2D eigenvalue weighted by molar-refractivity contribution is -0.154. The number of halogens is 3. The molecule has 0 saturated carbocycles. The van der Waals surface area contributed by atoms with Crippen LogP contribution in [0.3, 0.4) is 0 Å². The Morgan fingerprint density at radius 2 is 1.39 bits per heavy atom. The molecule has 1 heterocycles. The molecule has 0 N–H and O–H groups in total. The normalized spacial score (nSPS) is 11.2. The number of benzene rings is 3. The van der Waals surface area contributed by atoms with Crippen molar-refractivity contribution in [1.82, 2.24) is 0 Å². The first-order chi connectivity index (χ1) is 17.2. The summed E-state index contributed by atoms with van der Waals surface area (Å²) in [6.45, 7) is 0. The first-order valence-electron chi connectivity index (χ1n) is 10.5. The summed E-state index contributed by atoms with van der Waals surface area (Å²) in [6, 6.07) is 15.9. The van der Waals surface area contributed by atoms with E-state index in [1.54, 1.807) is 24.3 Å². The quantitative estimate of drug-likeness (QED) is 0.235. The molecule has 4 aromatic rings. The van der Waals surface area contributed by atoms with Gasteiger partial charge in [-0.15, -0.1) is 0 Å². The Morgan fingerprint density at radius 1 is 0.833 bits per heavy atom. The highest BCUT2D eigenvalue weighted by Gasteiger charge is 2.40. The Morgan fingerprint density at radius 3 is 1.97 bits per heavy atom. The van der Waals surface area contributed by atoms with E-state index >= 15 is 0 Å². The molecule has 3 aromatic carbocycles. The standard InChI is InChI=1S/C26H19F3O7/c1-32-16-5-3-15(4-6-16)13-22(30)34-19-11-12-20-21(14-19)36-25(26(27,28)29)24(23(20)31)35-18-9-7-17(33-2)8-10-18/h3-12,14H,13H2,1-2H3. The van der Waals surface area contributed by atoms with Gasteiger partial charge < -0.3 is 23.4 Å². The summed E-state index contributed by atoms with van der Waals surface area (Å²) >= 11 is 0. The highest BCUT2D eigenvalue weighted by Crippen LogP contribution is 2.39. The van der Waals surface area contributed by atoms with Crippen molar-refractivity contribution in [2.45, 2.75) is 12.6 Å². The Bertz CT molecular complexity index is 1440. The maximum atomic E-state index is 13.8. The molecule has 10 heteroatoms. The van der Waals surface area contributed by atoms with E-state index in [2.05, 4.69) is 0 Å². The molecule has 4 rings (SSSR count). The second-order valence-corrected chi connectivity index (χ2v) is 7.52. The molecular weight excluding hydrogens is 481 g/mol. The van der Waals surface area contributed by atoms with Crippen LogP contribution in [-0.4, -0.2) is 20.2 Å². The Labute approximate surface area is 202 Å². The molecule has 0 aliphatic rings. The molecule has 186 valence electrons. The number of fused-ring (bicyclic) bond motifs is 1. The number of ether oxygens (including phenoxy) is 4. The lowest BCUT2D eigenvalue weighted by atomic mass is 10.1. The fourth-order valence-electron chi connectivity index (χ4n) is 3.34. The average molecular weight is 500 g/mol. The average Bonchev–Trinajstić information content (AvgIpc) is 2.85. The van der Waals surface area contributed by atoms with E-state index < -0.39 is 34.7 Å². The van der Waals surface area contributed by atoms with Crippen LogP contribution in [0.15, 0.2) is 75.9 Å². The monoisotopic (exact) mass is 500 g/mol. The highest BCUT2D eigenvalue weighted by molar-refractivity contribution is 5.82. The lowest BCUT2D eigenvalue weighted by Gasteiger charge is -2.14. The molecule has 0 bridgehead atoms. The van der Waals surface area contributed by atoms with Gasteiger partial charge in [0.1, 0.15) is 28.6 Å². The van der Waals surface area contributed by atoms with Gasteiger partial charge in [0, 0.05) is 6.07 Å². The fraction of sp³-hybridized carbons (Fsp3) is 0.154. The van der Waals surface area contributed by atoms with Gasteiger partial charge in [0.25, 0.3) is 5.76 Å². The molecule has 0 saturated heterocycles. The fourth-order valence-corrected chi connectivity index (χ4v) is 3.34.